The topological polar surface area (TPSA) is 57.4 Å². The highest BCUT2D eigenvalue weighted by Crippen LogP contribution is 2.30. The van der Waals surface area contributed by atoms with Crippen molar-refractivity contribution in [3.63, 3.8) is 0 Å². The third-order valence-corrected chi connectivity index (χ3v) is 4.94. The number of amides is 1. The number of nitrogens with one attached hydrogen (secondary N) is 2. The largest absolute Gasteiger partial charge is 0.378 e. The van der Waals surface area contributed by atoms with Gasteiger partial charge in [0, 0.05) is 65.7 Å². The lowest BCUT2D eigenvalue weighted by Gasteiger charge is -2.30. The molecule has 3 heterocycles. The van der Waals surface area contributed by atoms with Gasteiger partial charge in [-0.25, -0.2) is 0 Å². The van der Waals surface area contributed by atoms with E-state index in [0.717, 1.165) is 42.0 Å². The first-order valence-corrected chi connectivity index (χ1v) is 8.46. The summed E-state index contributed by atoms with van der Waals surface area (Å²) in [4.78, 5) is 18.0. The molecule has 2 aliphatic rings. The molecule has 1 fully saturated rings. The van der Waals surface area contributed by atoms with Crippen molar-refractivity contribution in [2.75, 3.05) is 26.3 Å². The Balaban J connectivity index is 1.52. The van der Waals surface area contributed by atoms with E-state index >= 15 is 0 Å². The van der Waals surface area contributed by atoms with Crippen LogP contribution in [0.3, 0.4) is 0 Å². The normalized spacial score (nSPS) is 21.4. The van der Waals surface area contributed by atoms with Crippen molar-refractivity contribution in [1.82, 2.24) is 15.2 Å². The highest BCUT2D eigenvalue weighted by Gasteiger charge is 2.26. The van der Waals surface area contributed by atoms with Gasteiger partial charge in [-0.3, -0.25) is 4.79 Å². The number of morpholine rings is 1. The van der Waals surface area contributed by atoms with Crippen LogP contribution >= 0.6 is 11.6 Å². The monoisotopic (exact) mass is 333 g/mol. The van der Waals surface area contributed by atoms with E-state index < -0.39 is 0 Å². The van der Waals surface area contributed by atoms with Crippen molar-refractivity contribution < 1.29 is 9.53 Å². The average molecular weight is 334 g/mol. The smallest absolute Gasteiger partial charge is 0.224 e. The highest BCUT2D eigenvalue weighted by molar-refractivity contribution is 6.31. The summed E-state index contributed by atoms with van der Waals surface area (Å²) in [5.41, 5.74) is 3.52. The van der Waals surface area contributed by atoms with Crippen LogP contribution in [0.2, 0.25) is 5.02 Å². The number of halogens is 1. The van der Waals surface area contributed by atoms with Crippen LogP contribution in [0, 0.1) is 0 Å². The Morgan fingerprint density at radius 1 is 1.43 bits per heavy atom. The van der Waals surface area contributed by atoms with Gasteiger partial charge >= 0.3 is 0 Å². The molecule has 122 valence electrons. The number of nitrogens with zero attached hydrogens (tertiary/aromatic N) is 1. The van der Waals surface area contributed by atoms with Gasteiger partial charge in [0.2, 0.25) is 5.91 Å². The molecule has 2 N–H and O–H groups in total. The van der Waals surface area contributed by atoms with E-state index in [2.05, 4.69) is 10.3 Å². The van der Waals surface area contributed by atoms with Gasteiger partial charge in [-0.15, -0.1) is 0 Å². The highest BCUT2D eigenvalue weighted by atomic mass is 35.5. The quantitative estimate of drug-likeness (QED) is 0.884. The van der Waals surface area contributed by atoms with Gasteiger partial charge in [0.05, 0.1) is 13.2 Å². The minimum Gasteiger partial charge on any atom is -0.378 e. The molecule has 0 radical (unpaired) electrons. The Kier molecular flexibility index (Phi) is 4.01. The van der Waals surface area contributed by atoms with E-state index in [1.807, 2.05) is 23.1 Å². The van der Waals surface area contributed by atoms with E-state index in [0.29, 0.717) is 19.6 Å². The van der Waals surface area contributed by atoms with Crippen molar-refractivity contribution >= 4 is 28.4 Å². The molecule has 0 bridgehead atoms. The second kappa shape index (κ2) is 6.15. The zero-order valence-corrected chi connectivity index (χ0v) is 13.7. The van der Waals surface area contributed by atoms with Gasteiger partial charge in [-0.1, -0.05) is 11.6 Å². The number of benzene rings is 1. The van der Waals surface area contributed by atoms with Gasteiger partial charge in [0.1, 0.15) is 0 Å². The minimum atomic E-state index is 0.134. The molecule has 4 rings (SSSR count). The third-order valence-electron chi connectivity index (χ3n) is 4.71. The SMILES string of the molecule is O=C(C[C@H]1COCCN1)N1CCc2[nH]c3ccc(Cl)cc3c2C1. The lowest BCUT2D eigenvalue weighted by atomic mass is 10.0. The summed E-state index contributed by atoms with van der Waals surface area (Å²) in [5, 5.41) is 5.20. The molecule has 23 heavy (non-hydrogen) atoms. The molecule has 1 aromatic heterocycles. The van der Waals surface area contributed by atoms with Gasteiger partial charge in [-0.2, -0.15) is 0 Å². The number of ether oxygens (including phenoxy) is 1. The molecule has 1 atom stereocenters. The molecule has 6 heteroatoms. The molecule has 5 nitrogen and oxygen atoms in total. The molecular weight excluding hydrogens is 314 g/mol. The van der Waals surface area contributed by atoms with E-state index in [-0.39, 0.29) is 11.9 Å². The first-order chi connectivity index (χ1) is 11.2. The van der Waals surface area contributed by atoms with Gasteiger partial charge in [-0.05, 0) is 18.2 Å². The second-order valence-electron chi connectivity index (χ2n) is 6.27. The fourth-order valence-electron chi connectivity index (χ4n) is 3.49. The minimum absolute atomic E-state index is 0.134. The zero-order chi connectivity index (χ0) is 15.8. The van der Waals surface area contributed by atoms with Gasteiger partial charge < -0.3 is 19.9 Å². The van der Waals surface area contributed by atoms with E-state index in [1.54, 1.807) is 0 Å². The van der Waals surface area contributed by atoms with Crippen LogP contribution in [0.5, 0.6) is 0 Å². The molecule has 0 saturated carbocycles. The number of carbonyl (C=O) groups excluding carboxylic acids is 1. The number of rotatable bonds is 2. The summed E-state index contributed by atoms with van der Waals surface area (Å²) >= 11 is 6.13. The van der Waals surface area contributed by atoms with E-state index in [1.165, 1.54) is 11.3 Å². The van der Waals surface area contributed by atoms with Gasteiger partial charge in [0.25, 0.3) is 0 Å². The number of hydrogen-bond acceptors (Lipinski definition) is 3. The molecule has 1 saturated heterocycles. The summed E-state index contributed by atoms with van der Waals surface area (Å²) in [6, 6.07) is 6.01. The fourth-order valence-corrected chi connectivity index (χ4v) is 3.66. The molecule has 0 unspecified atom stereocenters. The maximum Gasteiger partial charge on any atom is 0.224 e. The number of H-pyrrole nitrogens is 1. The first kappa shape index (κ1) is 15.0. The lowest BCUT2D eigenvalue weighted by Crippen LogP contribution is -2.46. The second-order valence-corrected chi connectivity index (χ2v) is 6.70. The Bertz CT molecular complexity index is 737. The Hall–Kier alpha value is -1.56. The van der Waals surface area contributed by atoms with Crippen LogP contribution in [0.4, 0.5) is 0 Å². The van der Waals surface area contributed by atoms with Crippen LogP contribution in [-0.2, 0) is 22.5 Å². The third kappa shape index (κ3) is 2.96. The number of carbonyl (C=O) groups is 1. The predicted molar refractivity (Wildman–Crippen MR) is 89.7 cm³/mol. The summed E-state index contributed by atoms with van der Waals surface area (Å²) < 4.78 is 5.43. The standard InChI is InChI=1S/C17H20ClN3O2/c18-11-1-2-15-13(7-11)14-9-21(5-3-16(14)20-15)17(22)8-12-10-23-6-4-19-12/h1-2,7,12,19-20H,3-6,8-10H2/t12-/m0/s1. The van der Waals surface area contributed by atoms with E-state index in [4.69, 9.17) is 16.3 Å². The van der Waals surface area contributed by atoms with Gasteiger partial charge in [0.15, 0.2) is 0 Å². The Morgan fingerprint density at radius 2 is 2.35 bits per heavy atom. The summed E-state index contributed by atoms with van der Waals surface area (Å²) in [7, 11) is 0. The van der Waals surface area contributed by atoms with Crippen LogP contribution in [0.1, 0.15) is 17.7 Å². The maximum atomic E-state index is 12.6. The van der Waals surface area contributed by atoms with Crippen LogP contribution in [0.25, 0.3) is 10.9 Å². The number of aromatic amines is 1. The van der Waals surface area contributed by atoms with E-state index in [9.17, 15) is 4.79 Å². The van der Waals surface area contributed by atoms with Crippen LogP contribution in [0.15, 0.2) is 18.2 Å². The number of hydrogen-bond donors (Lipinski definition) is 2. The lowest BCUT2D eigenvalue weighted by molar-refractivity contribution is -0.133. The number of fused-ring (bicyclic) bond motifs is 3. The van der Waals surface area contributed by atoms with Crippen LogP contribution in [-0.4, -0.2) is 48.1 Å². The van der Waals surface area contributed by atoms with Crippen molar-refractivity contribution in [2.24, 2.45) is 0 Å². The number of aromatic nitrogens is 1. The van der Waals surface area contributed by atoms with Crippen LogP contribution < -0.4 is 5.32 Å². The summed E-state index contributed by atoms with van der Waals surface area (Å²) in [6.07, 6.45) is 1.36. The molecule has 1 aromatic carbocycles. The Morgan fingerprint density at radius 3 is 3.17 bits per heavy atom. The molecule has 1 amide bonds. The molecule has 2 aromatic rings. The average Bonchev–Trinajstić information content (AvgIpc) is 2.93. The zero-order valence-electron chi connectivity index (χ0n) is 12.9. The van der Waals surface area contributed by atoms with Crippen molar-refractivity contribution in [2.45, 2.75) is 25.4 Å². The molecular formula is C17H20ClN3O2. The molecule has 0 spiro atoms. The fraction of sp³-hybridized carbons (Fsp3) is 0.471. The Labute approximate surface area is 139 Å². The van der Waals surface area contributed by atoms with Crippen molar-refractivity contribution in [1.29, 1.82) is 0 Å². The predicted octanol–water partition coefficient (Wildman–Crippen LogP) is 2.08. The van der Waals surface area contributed by atoms with Crippen molar-refractivity contribution in [3.8, 4) is 0 Å². The first-order valence-electron chi connectivity index (χ1n) is 8.08. The van der Waals surface area contributed by atoms with Crippen molar-refractivity contribution in [3.05, 3.63) is 34.5 Å². The maximum absolute atomic E-state index is 12.6. The summed E-state index contributed by atoms with van der Waals surface area (Å²) in [5.74, 6) is 0.190. The summed E-state index contributed by atoms with van der Waals surface area (Å²) in [6.45, 7) is 3.59. The molecule has 2 aliphatic heterocycles. The molecule has 0 aliphatic carbocycles.